The number of benzene rings is 1. The molecule has 0 radical (unpaired) electrons. The zero-order chi connectivity index (χ0) is 11.1. The van der Waals surface area contributed by atoms with Gasteiger partial charge in [0.15, 0.2) is 0 Å². The van der Waals surface area contributed by atoms with Crippen LogP contribution in [0.5, 0.6) is 11.5 Å². The van der Waals surface area contributed by atoms with Crippen molar-refractivity contribution in [1.29, 1.82) is 0 Å². The quantitative estimate of drug-likeness (QED) is 0.699. The van der Waals surface area contributed by atoms with Gasteiger partial charge < -0.3 is 9.47 Å². The molecule has 1 aliphatic rings. The minimum absolute atomic E-state index is 0.216. The Morgan fingerprint density at radius 1 is 1.27 bits per heavy atom. The van der Waals surface area contributed by atoms with Crippen LogP contribution in [-0.2, 0) is 0 Å². The van der Waals surface area contributed by atoms with Gasteiger partial charge in [-0.2, -0.15) is 0 Å². The van der Waals surface area contributed by atoms with Crippen molar-refractivity contribution >= 4 is 6.08 Å². The van der Waals surface area contributed by atoms with E-state index < -0.39 is 0 Å². The molecule has 0 amide bonds. The Morgan fingerprint density at radius 2 is 2.00 bits per heavy atom. The predicted octanol–water partition coefficient (Wildman–Crippen LogP) is 3.19. The Bertz CT molecular complexity index is 417. The van der Waals surface area contributed by atoms with E-state index in [1.807, 2.05) is 19.1 Å². The molecular weight excluding hydrogens is 188 g/mol. The van der Waals surface area contributed by atoms with Gasteiger partial charge in [0.1, 0.15) is 17.1 Å². The first kappa shape index (κ1) is 10.1. The highest BCUT2D eigenvalue weighted by Crippen LogP contribution is 2.36. The SMILES string of the molecule is COc1cc(C)c2c(c1)C=CC(C)(C)O2. The summed E-state index contributed by atoms with van der Waals surface area (Å²) in [6, 6.07) is 3.99. The maximum atomic E-state index is 5.91. The lowest BCUT2D eigenvalue weighted by Gasteiger charge is -2.29. The summed E-state index contributed by atoms with van der Waals surface area (Å²) in [5.74, 6) is 1.84. The van der Waals surface area contributed by atoms with E-state index in [0.717, 1.165) is 22.6 Å². The monoisotopic (exact) mass is 204 g/mol. The van der Waals surface area contributed by atoms with E-state index in [0.29, 0.717) is 0 Å². The van der Waals surface area contributed by atoms with Crippen molar-refractivity contribution in [1.82, 2.24) is 0 Å². The molecule has 2 nitrogen and oxygen atoms in total. The fourth-order valence-electron chi connectivity index (χ4n) is 1.74. The highest BCUT2D eigenvalue weighted by Gasteiger charge is 2.23. The average Bonchev–Trinajstić information content (AvgIpc) is 2.18. The van der Waals surface area contributed by atoms with Gasteiger partial charge in [-0.3, -0.25) is 0 Å². The molecule has 1 aromatic carbocycles. The van der Waals surface area contributed by atoms with Crippen molar-refractivity contribution in [3.8, 4) is 11.5 Å². The van der Waals surface area contributed by atoms with Gasteiger partial charge in [0.2, 0.25) is 0 Å². The van der Waals surface area contributed by atoms with E-state index in [1.165, 1.54) is 0 Å². The van der Waals surface area contributed by atoms with E-state index in [-0.39, 0.29) is 5.60 Å². The smallest absolute Gasteiger partial charge is 0.130 e. The van der Waals surface area contributed by atoms with E-state index in [4.69, 9.17) is 9.47 Å². The lowest BCUT2D eigenvalue weighted by molar-refractivity contribution is 0.157. The summed E-state index contributed by atoms with van der Waals surface area (Å²) >= 11 is 0. The molecule has 0 spiro atoms. The topological polar surface area (TPSA) is 18.5 Å². The lowest BCUT2D eigenvalue weighted by Crippen LogP contribution is -2.27. The number of ether oxygens (including phenoxy) is 2. The van der Waals surface area contributed by atoms with E-state index in [9.17, 15) is 0 Å². The Hall–Kier alpha value is -1.44. The van der Waals surface area contributed by atoms with Crippen molar-refractivity contribution in [3.05, 3.63) is 29.3 Å². The van der Waals surface area contributed by atoms with Crippen LogP contribution in [0.1, 0.15) is 25.0 Å². The van der Waals surface area contributed by atoms with Crippen molar-refractivity contribution in [2.24, 2.45) is 0 Å². The predicted molar refractivity (Wildman–Crippen MR) is 61.5 cm³/mol. The van der Waals surface area contributed by atoms with Crippen LogP contribution in [-0.4, -0.2) is 12.7 Å². The zero-order valence-corrected chi connectivity index (χ0v) is 9.63. The standard InChI is InChI=1S/C13H16O2/c1-9-7-11(14-4)8-10-5-6-13(2,3)15-12(9)10/h5-8H,1-4H3. The van der Waals surface area contributed by atoms with Crippen molar-refractivity contribution in [2.45, 2.75) is 26.4 Å². The summed E-state index contributed by atoms with van der Waals surface area (Å²) in [6.07, 6.45) is 4.16. The summed E-state index contributed by atoms with van der Waals surface area (Å²) in [5.41, 5.74) is 1.99. The first-order valence-corrected chi connectivity index (χ1v) is 5.09. The highest BCUT2D eigenvalue weighted by atomic mass is 16.5. The van der Waals surface area contributed by atoms with Crippen LogP contribution in [0.2, 0.25) is 0 Å². The van der Waals surface area contributed by atoms with Crippen LogP contribution in [0, 0.1) is 6.92 Å². The normalized spacial score (nSPS) is 16.8. The van der Waals surface area contributed by atoms with Gasteiger partial charge in [-0.15, -0.1) is 0 Å². The Balaban J connectivity index is 2.52. The van der Waals surface area contributed by atoms with Crippen LogP contribution in [0.4, 0.5) is 0 Å². The van der Waals surface area contributed by atoms with Crippen LogP contribution in [0.15, 0.2) is 18.2 Å². The average molecular weight is 204 g/mol. The molecule has 2 heteroatoms. The molecule has 0 atom stereocenters. The van der Waals surface area contributed by atoms with Gasteiger partial charge >= 0.3 is 0 Å². The summed E-state index contributed by atoms with van der Waals surface area (Å²) in [7, 11) is 1.68. The largest absolute Gasteiger partial charge is 0.497 e. The first-order valence-electron chi connectivity index (χ1n) is 5.09. The van der Waals surface area contributed by atoms with E-state index in [1.54, 1.807) is 7.11 Å². The molecule has 0 bridgehead atoms. The summed E-state index contributed by atoms with van der Waals surface area (Å²) in [4.78, 5) is 0. The van der Waals surface area contributed by atoms with Gasteiger partial charge in [-0.1, -0.05) is 6.08 Å². The van der Waals surface area contributed by atoms with Crippen LogP contribution in [0.3, 0.4) is 0 Å². The van der Waals surface area contributed by atoms with Crippen molar-refractivity contribution in [3.63, 3.8) is 0 Å². The third kappa shape index (κ3) is 1.84. The summed E-state index contributed by atoms with van der Waals surface area (Å²) < 4.78 is 11.1. The molecule has 0 fully saturated rings. The van der Waals surface area contributed by atoms with Gasteiger partial charge in [0.25, 0.3) is 0 Å². The number of hydrogen-bond donors (Lipinski definition) is 0. The molecule has 1 aromatic rings. The van der Waals surface area contributed by atoms with Gasteiger partial charge in [0, 0.05) is 5.56 Å². The van der Waals surface area contributed by atoms with Crippen molar-refractivity contribution < 1.29 is 9.47 Å². The van der Waals surface area contributed by atoms with Gasteiger partial charge in [0.05, 0.1) is 7.11 Å². The van der Waals surface area contributed by atoms with Gasteiger partial charge in [-0.05, 0) is 44.5 Å². The van der Waals surface area contributed by atoms with Crippen LogP contribution >= 0.6 is 0 Å². The van der Waals surface area contributed by atoms with Gasteiger partial charge in [-0.25, -0.2) is 0 Å². The second-order valence-corrected chi connectivity index (χ2v) is 4.40. The summed E-state index contributed by atoms with van der Waals surface area (Å²) in [5, 5.41) is 0. The van der Waals surface area contributed by atoms with Crippen LogP contribution in [0.25, 0.3) is 6.08 Å². The zero-order valence-electron chi connectivity index (χ0n) is 9.63. The first-order chi connectivity index (χ1) is 7.02. The summed E-state index contributed by atoms with van der Waals surface area (Å²) in [6.45, 7) is 6.14. The molecule has 80 valence electrons. The minimum atomic E-state index is -0.216. The van der Waals surface area contributed by atoms with E-state index in [2.05, 4.69) is 26.0 Å². The number of fused-ring (bicyclic) bond motifs is 1. The van der Waals surface area contributed by atoms with E-state index >= 15 is 0 Å². The minimum Gasteiger partial charge on any atom is -0.497 e. The number of rotatable bonds is 1. The third-order valence-electron chi connectivity index (χ3n) is 2.54. The second kappa shape index (κ2) is 3.30. The molecule has 1 aliphatic heterocycles. The Kier molecular flexibility index (Phi) is 2.22. The molecule has 0 unspecified atom stereocenters. The lowest BCUT2D eigenvalue weighted by atomic mass is 10.00. The molecule has 15 heavy (non-hydrogen) atoms. The fraction of sp³-hybridized carbons (Fsp3) is 0.385. The molecule has 1 heterocycles. The third-order valence-corrected chi connectivity index (χ3v) is 2.54. The Morgan fingerprint density at radius 3 is 2.67 bits per heavy atom. The molecule has 0 saturated heterocycles. The maximum absolute atomic E-state index is 5.91. The number of methoxy groups -OCH3 is 1. The maximum Gasteiger partial charge on any atom is 0.130 e. The number of hydrogen-bond acceptors (Lipinski definition) is 2. The molecular formula is C13H16O2. The highest BCUT2D eigenvalue weighted by molar-refractivity contribution is 5.65. The molecule has 0 N–H and O–H groups in total. The number of aryl methyl sites for hydroxylation is 1. The fourth-order valence-corrected chi connectivity index (χ4v) is 1.74. The van der Waals surface area contributed by atoms with Crippen molar-refractivity contribution in [2.75, 3.05) is 7.11 Å². The molecule has 0 aromatic heterocycles. The molecule has 0 saturated carbocycles. The molecule has 0 aliphatic carbocycles. The second-order valence-electron chi connectivity index (χ2n) is 4.40. The van der Waals surface area contributed by atoms with Crippen LogP contribution < -0.4 is 9.47 Å². The Labute approximate surface area is 90.5 Å². The molecule has 2 rings (SSSR count).